The van der Waals surface area contributed by atoms with Crippen LogP contribution >= 0.6 is 0 Å². The summed E-state index contributed by atoms with van der Waals surface area (Å²) >= 11 is 0. The largest absolute Gasteiger partial charge is 0.418 e. The number of rotatable bonds is 3. The number of hydrogen-bond donors (Lipinski definition) is 2. The highest BCUT2D eigenvalue weighted by molar-refractivity contribution is 5.26. The second-order valence-corrected chi connectivity index (χ2v) is 4.48. The lowest BCUT2D eigenvalue weighted by atomic mass is 10.0. The third kappa shape index (κ3) is 3.23. The van der Waals surface area contributed by atoms with Crippen LogP contribution in [0.1, 0.15) is 17.3 Å². The summed E-state index contributed by atoms with van der Waals surface area (Å²) in [6.07, 6.45) is -2.98. The Labute approximate surface area is 109 Å². The van der Waals surface area contributed by atoms with Crippen molar-refractivity contribution in [2.75, 3.05) is 32.7 Å². The molecule has 1 aromatic heterocycles. The molecule has 3 N–H and O–H groups in total. The maximum atomic E-state index is 13.0. The van der Waals surface area contributed by atoms with E-state index in [9.17, 15) is 13.2 Å². The van der Waals surface area contributed by atoms with Gasteiger partial charge in [-0.05, 0) is 12.1 Å². The van der Waals surface area contributed by atoms with Crippen molar-refractivity contribution in [3.63, 3.8) is 0 Å². The first kappa shape index (κ1) is 14.2. The van der Waals surface area contributed by atoms with Gasteiger partial charge in [-0.25, -0.2) is 0 Å². The van der Waals surface area contributed by atoms with Crippen LogP contribution in [0.15, 0.2) is 18.3 Å². The second kappa shape index (κ2) is 5.85. The fourth-order valence-corrected chi connectivity index (χ4v) is 2.37. The Morgan fingerprint density at radius 2 is 2.26 bits per heavy atom. The van der Waals surface area contributed by atoms with Crippen LogP contribution < -0.4 is 11.1 Å². The van der Waals surface area contributed by atoms with E-state index in [1.165, 1.54) is 12.3 Å². The molecular weight excluding hydrogens is 257 g/mol. The van der Waals surface area contributed by atoms with Crippen LogP contribution in [0.4, 0.5) is 13.2 Å². The number of pyridine rings is 1. The quantitative estimate of drug-likeness (QED) is 0.863. The van der Waals surface area contributed by atoms with Crippen LogP contribution in [0.25, 0.3) is 0 Å². The van der Waals surface area contributed by atoms with Crippen LogP contribution in [-0.4, -0.2) is 42.6 Å². The molecule has 0 amide bonds. The summed E-state index contributed by atoms with van der Waals surface area (Å²) in [4.78, 5) is 5.91. The highest BCUT2D eigenvalue weighted by Crippen LogP contribution is 2.35. The molecule has 2 heterocycles. The number of nitrogens with one attached hydrogen (secondary N) is 1. The Bertz CT molecular complexity index is 420. The van der Waals surface area contributed by atoms with Gasteiger partial charge in [0.2, 0.25) is 0 Å². The standard InChI is InChI=1S/C12H17F3N4/c13-12(14,15)9-2-1-4-18-11(9)10-8-17-5-7-19(10)6-3-16/h1-2,4,10,17H,3,5-8,16H2. The Balaban J connectivity index is 2.33. The summed E-state index contributed by atoms with van der Waals surface area (Å²) in [5, 5.41) is 3.11. The van der Waals surface area contributed by atoms with E-state index < -0.39 is 11.7 Å². The number of nitrogens with two attached hydrogens (primary N) is 1. The lowest BCUT2D eigenvalue weighted by Crippen LogP contribution is -2.48. The first-order chi connectivity index (χ1) is 9.04. The molecule has 1 saturated heterocycles. The maximum absolute atomic E-state index is 13.0. The van der Waals surface area contributed by atoms with E-state index in [0.717, 1.165) is 12.6 Å². The summed E-state index contributed by atoms with van der Waals surface area (Å²) in [6, 6.07) is 2.02. The molecule has 0 bridgehead atoms. The molecule has 0 aliphatic carbocycles. The Morgan fingerprint density at radius 3 is 2.95 bits per heavy atom. The van der Waals surface area contributed by atoms with Gasteiger partial charge in [-0.3, -0.25) is 9.88 Å². The smallest absolute Gasteiger partial charge is 0.329 e. The number of nitrogens with zero attached hydrogens (tertiary/aromatic N) is 2. The summed E-state index contributed by atoms with van der Waals surface area (Å²) in [5.41, 5.74) is 4.94. The molecule has 1 unspecified atom stereocenters. The average molecular weight is 274 g/mol. The van der Waals surface area contributed by atoms with E-state index in [1.807, 2.05) is 4.90 Å². The van der Waals surface area contributed by atoms with Crippen LogP contribution in [-0.2, 0) is 6.18 Å². The molecule has 1 aliphatic rings. The third-order valence-electron chi connectivity index (χ3n) is 3.23. The zero-order chi connectivity index (χ0) is 13.9. The third-order valence-corrected chi connectivity index (χ3v) is 3.23. The zero-order valence-electron chi connectivity index (χ0n) is 10.5. The normalized spacial score (nSPS) is 21.6. The Hall–Kier alpha value is -1.18. The van der Waals surface area contributed by atoms with E-state index in [2.05, 4.69) is 10.3 Å². The molecule has 19 heavy (non-hydrogen) atoms. The van der Waals surface area contributed by atoms with Gasteiger partial charge in [0.05, 0.1) is 17.3 Å². The molecule has 1 fully saturated rings. The van der Waals surface area contributed by atoms with Crippen molar-refractivity contribution in [1.82, 2.24) is 15.2 Å². The fourth-order valence-electron chi connectivity index (χ4n) is 2.37. The van der Waals surface area contributed by atoms with Gasteiger partial charge in [-0.2, -0.15) is 13.2 Å². The zero-order valence-corrected chi connectivity index (χ0v) is 10.5. The van der Waals surface area contributed by atoms with E-state index in [-0.39, 0.29) is 11.7 Å². The van der Waals surface area contributed by atoms with Gasteiger partial charge in [-0.1, -0.05) is 0 Å². The minimum atomic E-state index is -4.38. The van der Waals surface area contributed by atoms with Crippen molar-refractivity contribution in [2.24, 2.45) is 5.73 Å². The lowest BCUT2D eigenvalue weighted by molar-refractivity contribution is -0.139. The number of piperazine rings is 1. The second-order valence-electron chi connectivity index (χ2n) is 4.48. The maximum Gasteiger partial charge on any atom is 0.418 e. The Morgan fingerprint density at radius 1 is 1.47 bits per heavy atom. The molecule has 0 saturated carbocycles. The van der Waals surface area contributed by atoms with Gasteiger partial charge < -0.3 is 11.1 Å². The SMILES string of the molecule is NCCN1CCNCC1c1ncccc1C(F)(F)F. The lowest BCUT2D eigenvalue weighted by Gasteiger charge is -2.36. The predicted octanol–water partition coefficient (Wildman–Crippen LogP) is 1.01. The first-order valence-electron chi connectivity index (χ1n) is 6.21. The molecule has 106 valence electrons. The molecule has 1 atom stereocenters. The van der Waals surface area contributed by atoms with Gasteiger partial charge in [0, 0.05) is 38.9 Å². The minimum Gasteiger partial charge on any atom is -0.329 e. The molecule has 2 rings (SSSR count). The van der Waals surface area contributed by atoms with E-state index in [0.29, 0.717) is 26.2 Å². The van der Waals surface area contributed by atoms with Gasteiger partial charge in [0.15, 0.2) is 0 Å². The number of alkyl halides is 3. The summed E-state index contributed by atoms with van der Waals surface area (Å²) in [7, 11) is 0. The van der Waals surface area contributed by atoms with E-state index in [4.69, 9.17) is 5.73 Å². The molecule has 0 spiro atoms. The number of aromatic nitrogens is 1. The highest BCUT2D eigenvalue weighted by atomic mass is 19.4. The summed E-state index contributed by atoms with van der Waals surface area (Å²) < 4.78 is 39.0. The molecule has 0 radical (unpaired) electrons. The van der Waals surface area contributed by atoms with E-state index in [1.54, 1.807) is 0 Å². The van der Waals surface area contributed by atoms with Gasteiger partial charge >= 0.3 is 6.18 Å². The topological polar surface area (TPSA) is 54.2 Å². The molecular formula is C12H17F3N4. The molecule has 1 aromatic rings. The van der Waals surface area contributed by atoms with Gasteiger partial charge in [-0.15, -0.1) is 0 Å². The predicted molar refractivity (Wildman–Crippen MR) is 65.5 cm³/mol. The monoisotopic (exact) mass is 274 g/mol. The first-order valence-corrected chi connectivity index (χ1v) is 6.21. The molecule has 1 aliphatic heterocycles. The van der Waals surface area contributed by atoms with Crippen molar-refractivity contribution in [1.29, 1.82) is 0 Å². The fraction of sp³-hybridized carbons (Fsp3) is 0.583. The van der Waals surface area contributed by atoms with Crippen LogP contribution in [0.5, 0.6) is 0 Å². The van der Waals surface area contributed by atoms with Crippen LogP contribution in [0.2, 0.25) is 0 Å². The van der Waals surface area contributed by atoms with Crippen molar-refractivity contribution < 1.29 is 13.2 Å². The highest BCUT2D eigenvalue weighted by Gasteiger charge is 2.37. The molecule has 4 nitrogen and oxygen atoms in total. The Kier molecular flexibility index (Phi) is 4.38. The van der Waals surface area contributed by atoms with E-state index >= 15 is 0 Å². The molecule has 7 heteroatoms. The van der Waals surface area contributed by atoms with Gasteiger partial charge in [0.1, 0.15) is 0 Å². The van der Waals surface area contributed by atoms with Crippen molar-refractivity contribution in [2.45, 2.75) is 12.2 Å². The van der Waals surface area contributed by atoms with Crippen molar-refractivity contribution in [3.05, 3.63) is 29.6 Å². The van der Waals surface area contributed by atoms with Crippen LogP contribution in [0, 0.1) is 0 Å². The van der Waals surface area contributed by atoms with Gasteiger partial charge in [0.25, 0.3) is 0 Å². The number of hydrogen-bond acceptors (Lipinski definition) is 4. The minimum absolute atomic E-state index is 0.0793. The van der Waals surface area contributed by atoms with Crippen molar-refractivity contribution >= 4 is 0 Å². The van der Waals surface area contributed by atoms with Crippen LogP contribution in [0.3, 0.4) is 0 Å². The average Bonchev–Trinajstić information content (AvgIpc) is 2.39. The molecule has 0 aromatic carbocycles. The summed E-state index contributed by atoms with van der Waals surface area (Å²) in [6.45, 7) is 2.88. The number of halogens is 3. The summed E-state index contributed by atoms with van der Waals surface area (Å²) in [5.74, 6) is 0. The van der Waals surface area contributed by atoms with Crippen molar-refractivity contribution in [3.8, 4) is 0 Å².